The number of aromatic nitrogens is 1. The van der Waals surface area contributed by atoms with Crippen LogP contribution in [0.2, 0.25) is 0 Å². The summed E-state index contributed by atoms with van der Waals surface area (Å²) in [4.78, 5) is 45.2. The third-order valence-corrected chi connectivity index (χ3v) is 8.19. The van der Waals surface area contributed by atoms with Crippen LogP contribution in [0.4, 0.5) is 5.69 Å². The molecule has 1 aliphatic rings. The number of amides is 1. The van der Waals surface area contributed by atoms with E-state index < -0.39 is 12.0 Å². The molecule has 44 heavy (non-hydrogen) atoms. The van der Waals surface area contributed by atoms with Crippen molar-refractivity contribution in [2.75, 3.05) is 19.5 Å². The number of carbonyl (C=O) groups excluding carboxylic acids is 2. The highest BCUT2D eigenvalue weighted by molar-refractivity contribution is 7.07. The second-order valence-corrected chi connectivity index (χ2v) is 10.9. The molecule has 1 unspecified atom stereocenters. The number of fused-ring (bicyclic) bond motifs is 1. The van der Waals surface area contributed by atoms with Gasteiger partial charge in [0, 0.05) is 17.3 Å². The Bertz CT molecular complexity index is 2110. The lowest BCUT2D eigenvalue weighted by Gasteiger charge is -2.25. The Labute approximate surface area is 256 Å². The number of thiazole rings is 1. The molecule has 0 bridgehead atoms. The summed E-state index contributed by atoms with van der Waals surface area (Å²) in [6, 6.07) is 26.1. The third-order valence-electron chi connectivity index (χ3n) is 7.21. The summed E-state index contributed by atoms with van der Waals surface area (Å²) in [5, 5.41) is 2.95. The zero-order valence-electron chi connectivity index (χ0n) is 24.1. The number of nitrogens with zero attached hydrogens (tertiary/aromatic N) is 2. The summed E-state index contributed by atoms with van der Waals surface area (Å²) in [7, 11) is 2.89. The molecule has 0 aliphatic carbocycles. The van der Waals surface area contributed by atoms with Crippen LogP contribution in [0.3, 0.4) is 0 Å². The molecule has 5 aromatic rings. The van der Waals surface area contributed by atoms with Crippen LogP contribution in [0.25, 0.3) is 17.4 Å². The molecule has 2 aromatic heterocycles. The Hall–Kier alpha value is -5.48. The molecule has 6 rings (SSSR count). The van der Waals surface area contributed by atoms with Crippen LogP contribution < -0.4 is 24.9 Å². The summed E-state index contributed by atoms with van der Waals surface area (Å²) < 4.78 is 18.3. The maximum Gasteiger partial charge on any atom is 0.338 e. The Balaban J connectivity index is 1.45. The van der Waals surface area contributed by atoms with E-state index in [0.29, 0.717) is 60.3 Å². The maximum absolute atomic E-state index is 14.0. The van der Waals surface area contributed by atoms with Gasteiger partial charge < -0.3 is 19.2 Å². The van der Waals surface area contributed by atoms with Crippen molar-refractivity contribution in [1.29, 1.82) is 0 Å². The first-order valence-electron chi connectivity index (χ1n) is 13.7. The minimum atomic E-state index is -0.758. The Morgan fingerprint density at radius 1 is 0.977 bits per heavy atom. The Kier molecular flexibility index (Phi) is 7.82. The predicted octanol–water partition coefficient (Wildman–Crippen LogP) is 4.93. The molecule has 3 aromatic carbocycles. The normalized spacial score (nSPS) is 14.5. The predicted molar refractivity (Wildman–Crippen MR) is 167 cm³/mol. The number of carbonyl (C=O) groups is 2. The molecule has 0 radical (unpaired) electrons. The molecule has 220 valence electrons. The van der Waals surface area contributed by atoms with E-state index in [-0.39, 0.29) is 11.5 Å². The molecule has 1 amide bonds. The van der Waals surface area contributed by atoms with E-state index >= 15 is 0 Å². The quantitative estimate of drug-likeness (QED) is 0.264. The lowest BCUT2D eigenvalue weighted by atomic mass is 9.95. The van der Waals surface area contributed by atoms with Gasteiger partial charge in [0.05, 0.1) is 41.6 Å². The number of hydrogen-bond donors (Lipinski definition) is 1. The van der Waals surface area contributed by atoms with Gasteiger partial charge in [-0.2, -0.15) is 0 Å². The van der Waals surface area contributed by atoms with Gasteiger partial charge in [0.25, 0.3) is 11.5 Å². The third kappa shape index (κ3) is 5.38. The van der Waals surface area contributed by atoms with Crippen molar-refractivity contribution in [2.24, 2.45) is 4.99 Å². The van der Waals surface area contributed by atoms with E-state index in [9.17, 15) is 14.4 Å². The molecular formula is C34H27N3O6S. The van der Waals surface area contributed by atoms with Crippen LogP contribution >= 0.6 is 11.3 Å². The number of furan rings is 1. The SMILES string of the molecule is COC(=O)c1ccccc1-c1ccc(C=c2sc3n(c2=O)C(c2cccc(OC)c2)C(C(=O)Nc2ccccc2)=C(C)N=3)o1. The van der Waals surface area contributed by atoms with E-state index in [1.165, 1.54) is 23.0 Å². The number of para-hydroxylation sites is 1. The zero-order valence-corrected chi connectivity index (χ0v) is 24.9. The van der Waals surface area contributed by atoms with Gasteiger partial charge in [-0.25, -0.2) is 9.79 Å². The molecule has 0 spiro atoms. The summed E-state index contributed by atoms with van der Waals surface area (Å²) >= 11 is 1.20. The highest BCUT2D eigenvalue weighted by Crippen LogP contribution is 2.32. The molecule has 1 N–H and O–H groups in total. The molecule has 1 aliphatic heterocycles. The molecule has 3 heterocycles. The first-order chi connectivity index (χ1) is 21.4. The van der Waals surface area contributed by atoms with E-state index in [1.54, 1.807) is 74.7 Å². The zero-order chi connectivity index (χ0) is 30.8. The van der Waals surface area contributed by atoms with Crippen LogP contribution in [0.15, 0.2) is 116 Å². The van der Waals surface area contributed by atoms with Crippen molar-refractivity contribution in [3.05, 3.63) is 139 Å². The number of anilines is 1. The maximum atomic E-state index is 14.0. The molecule has 0 saturated carbocycles. The largest absolute Gasteiger partial charge is 0.497 e. The number of hydrogen-bond acceptors (Lipinski definition) is 8. The van der Waals surface area contributed by atoms with Crippen molar-refractivity contribution in [3.8, 4) is 17.1 Å². The van der Waals surface area contributed by atoms with E-state index in [2.05, 4.69) is 5.32 Å². The minimum Gasteiger partial charge on any atom is -0.497 e. The van der Waals surface area contributed by atoms with Crippen molar-refractivity contribution in [3.63, 3.8) is 0 Å². The molecular weight excluding hydrogens is 578 g/mol. The van der Waals surface area contributed by atoms with Crippen LogP contribution in [0.1, 0.15) is 34.6 Å². The first kappa shape index (κ1) is 28.6. The molecule has 0 saturated heterocycles. The van der Waals surface area contributed by atoms with Gasteiger partial charge in [-0.15, -0.1) is 0 Å². The van der Waals surface area contributed by atoms with Gasteiger partial charge in [0.2, 0.25) is 0 Å². The number of methoxy groups -OCH3 is 2. The number of esters is 1. The minimum absolute atomic E-state index is 0.327. The monoisotopic (exact) mass is 605 g/mol. The molecule has 9 nitrogen and oxygen atoms in total. The van der Waals surface area contributed by atoms with Gasteiger partial charge in [0.1, 0.15) is 17.3 Å². The number of allylic oxidation sites excluding steroid dienone is 1. The number of rotatable bonds is 7. The first-order valence-corrected chi connectivity index (χ1v) is 14.5. The highest BCUT2D eigenvalue weighted by Gasteiger charge is 2.33. The van der Waals surface area contributed by atoms with Crippen molar-refractivity contribution in [2.45, 2.75) is 13.0 Å². The highest BCUT2D eigenvalue weighted by atomic mass is 32.1. The van der Waals surface area contributed by atoms with Crippen LogP contribution in [0, 0.1) is 0 Å². The second kappa shape index (κ2) is 12.0. The van der Waals surface area contributed by atoms with E-state index in [4.69, 9.17) is 18.9 Å². The fraction of sp³-hybridized carbons (Fsp3) is 0.118. The molecule has 10 heteroatoms. The van der Waals surface area contributed by atoms with Crippen molar-refractivity contribution in [1.82, 2.24) is 4.57 Å². The second-order valence-electron chi connectivity index (χ2n) is 9.92. The average molecular weight is 606 g/mol. The Morgan fingerprint density at radius 2 is 1.75 bits per heavy atom. The number of benzene rings is 3. The van der Waals surface area contributed by atoms with Crippen LogP contribution in [-0.4, -0.2) is 30.7 Å². The summed E-state index contributed by atoms with van der Waals surface area (Å²) in [5.41, 5.74) is 2.78. The van der Waals surface area contributed by atoms with E-state index in [0.717, 1.165) is 0 Å². The lowest BCUT2D eigenvalue weighted by molar-refractivity contribution is -0.113. The fourth-order valence-corrected chi connectivity index (χ4v) is 6.18. The van der Waals surface area contributed by atoms with Gasteiger partial charge in [-0.05, 0) is 55.0 Å². The lowest BCUT2D eigenvalue weighted by Crippen LogP contribution is -2.40. The Morgan fingerprint density at radius 3 is 2.52 bits per heavy atom. The summed E-state index contributed by atoms with van der Waals surface area (Å²) in [6.07, 6.45) is 1.64. The van der Waals surface area contributed by atoms with Crippen LogP contribution in [-0.2, 0) is 9.53 Å². The topological polar surface area (TPSA) is 112 Å². The summed E-state index contributed by atoms with van der Waals surface area (Å²) in [6.45, 7) is 1.77. The number of ether oxygens (including phenoxy) is 2. The van der Waals surface area contributed by atoms with Crippen LogP contribution in [0.5, 0.6) is 5.75 Å². The van der Waals surface area contributed by atoms with Crippen molar-refractivity contribution < 1.29 is 23.5 Å². The van der Waals surface area contributed by atoms with Gasteiger partial charge in [-0.1, -0.05) is 59.9 Å². The van der Waals surface area contributed by atoms with Gasteiger partial charge >= 0.3 is 5.97 Å². The average Bonchev–Trinajstić information content (AvgIpc) is 3.64. The number of nitrogens with one attached hydrogen (secondary N) is 1. The molecule has 0 fully saturated rings. The standard InChI is InChI=1S/C34H27N3O6S/c1-20-29(31(38)36-22-11-5-4-6-12-22)30(21-10-9-13-23(18-21)41-2)37-32(39)28(44-34(37)35-20)19-24-16-17-27(43-24)25-14-7-8-15-26(25)33(40)42-3/h4-19,30H,1-3H3,(H,36,38). The van der Waals surface area contributed by atoms with Gasteiger partial charge in [-0.3, -0.25) is 14.2 Å². The fourth-order valence-electron chi connectivity index (χ4n) is 5.15. The van der Waals surface area contributed by atoms with Gasteiger partial charge in [0.15, 0.2) is 4.80 Å². The van der Waals surface area contributed by atoms with E-state index in [1.807, 2.05) is 36.4 Å². The molecule has 1 atom stereocenters. The van der Waals surface area contributed by atoms with Crippen molar-refractivity contribution >= 4 is 35.0 Å². The summed E-state index contributed by atoms with van der Waals surface area (Å²) in [5.74, 6) is 0.624. The smallest absolute Gasteiger partial charge is 0.338 e.